The Labute approximate surface area is 303 Å². The SMILES string of the molecule is COCC1(CN(C)c2cc(-c3ccc(F)c(C(F)(F)F)c3)nc3nc(-c4cnc(N5CCN(CC(=O)[O-])C[C@H]5C)cn4)[nH]c23)CCCC1.[Na+]. The second-order valence-electron chi connectivity index (χ2n) is 12.9. The zero-order valence-corrected chi connectivity index (χ0v) is 30.0. The molecule has 1 aliphatic heterocycles. The molecular weight excluding hydrogens is 655 g/mol. The van der Waals surface area contributed by atoms with Gasteiger partial charge < -0.3 is 29.4 Å². The van der Waals surface area contributed by atoms with Crippen LogP contribution in [0.3, 0.4) is 0 Å². The van der Waals surface area contributed by atoms with Gasteiger partial charge in [-0.3, -0.25) is 4.90 Å². The second-order valence-corrected chi connectivity index (χ2v) is 12.9. The molecule has 1 saturated heterocycles. The van der Waals surface area contributed by atoms with Crippen molar-refractivity contribution in [1.82, 2.24) is 29.8 Å². The molecule has 0 unspecified atom stereocenters. The van der Waals surface area contributed by atoms with Crippen molar-refractivity contribution in [2.75, 3.05) is 63.3 Å². The number of ether oxygens (including phenoxy) is 1. The van der Waals surface area contributed by atoms with Crippen molar-refractivity contribution in [2.24, 2.45) is 5.41 Å². The zero-order chi connectivity index (χ0) is 34.2. The number of halogens is 4. The van der Waals surface area contributed by atoms with Crippen molar-refractivity contribution in [3.63, 3.8) is 0 Å². The van der Waals surface area contributed by atoms with Crippen LogP contribution in [-0.4, -0.2) is 95.3 Å². The number of nitrogens with zero attached hydrogens (tertiary/aromatic N) is 7. The van der Waals surface area contributed by atoms with Crippen LogP contribution in [0, 0.1) is 11.2 Å². The van der Waals surface area contributed by atoms with Crippen LogP contribution >= 0.6 is 0 Å². The number of carboxylic acids is 1. The fraction of sp³-hybridized carbons (Fsp3) is 0.485. The predicted molar refractivity (Wildman–Crippen MR) is 170 cm³/mol. The average Bonchev–Trinajstić information content (AvgIpc) is 3.68. The molecule has 3 aromatic heterocycles. The third-order valence-electron chi connectivity index (χ3n) is 9.35. The van der Waals surface area contributed by atoms with Gasteiger partial charge in [-0.15, -0.1) is 0 Å². The number of alkyl halides is 3. The molecule has 0 amide bonds. The first-order valence-electron chi connectivity index (χ1n) is 15.8. The van der Waals surface area contributed by atoms with Crippen LogP contribution in [0.2, 0.25) is 0 Å². The average molecular weight is 693 g/mol. The molecule has 1 aliphatic carbocycles. The molecule has 11 nitrogen and oxygen atoms in total. The number of aromatic nitrogens is 5. The number of carbonyl (C=O) groups excluding carboxylic acids is 1. The minimum Gasteiger partial charge on any atom is -0.549 e. The molecular formula is C33H37F4N8NaO3. The minimum absolute atomic E-state index is 0. The summed E-state index contributed by atoms with van der Waals surface area (Å²) in [6, 6.07) is 4.55. The summed E-state index contributed by atoms with van der Waals surface area (Å²) < 4.78 is 60.7. The first kappa shape index (κ1) is 36.9. The van der Waals surface area contributed by atoms with E-state index in [0.29, 0.717) is 61.3 Å². The number of aromatic amines is 1. The molecule has 1 N–H and O–H groups in total. The molecule has 0 spiro atoms. The Hall–Kier alpha value is -3.37. The summed E-state index contributed by atoms with van der Waals surface area (Å²) >= 11 is 0. The van der Waals surface area contributed by atoms with Crippen molar-refractivity contribution in [1.29, 1.82) is 0 Å². The summed E-state index contributed by atoms with van der Waals surface area (Å²) in [4.78, 5) is 38.8. The van der Waals surface area contributed by atoms with E-state index in [9.17, 15) is 27.5 Å². The quantitative estimate of drug-likeness (QED) is 0.191. The number of hydrogen-bond acceptors (Lipinski definition) is 10. The van der Waals surface area contributed by atoms with E-state index >= 15 is 0 Å². The topological polar surface area (TPSA) is 126 Å². The number of piperazine rings is 1. The molecule has 4 aromatic rings. The molecule has 2 aliphatic rings. The number of rotatable bonds is 10. The Morgan fingerprint density at radius 1 is 1.12 bits per heavy atom. The largest absolute Gasteiger partial charge is 1.00 e. The first-order chi connectivity index (χ1) is 22.9. The number of H-pyrrole nitrogens is 1. The number of imidazole rings is 1. The second kappa shape index (κ2) is 14.9. The van der Waals surface area contributed by atoms with Crippen molar-refractivity contribution in [2.45, 2.75) is 44.8 Å². The van der Waals surface area contributed by atoms with Crippen molar-refractivity contribution in [3.05, 3.63) is 48.0 Å². The van der Waals surface area contributed by atoms with E-state index < -0.39 is 23.5 Å². The van der Waals surface area contributed by atoms with Crippen LogP contribution in [0.1, 0.15) is 38.2 Å². The van der Waals surface area contributed by atoms with Gasteiger partial charge in [-0.2, -0.15) is 13.2 Å². The monoisotopic (exact) mass is 692 g/mol. The Morgan fingerprint density at radius 2 is 1.88 bits per heavy atom. The normalized spacial score (nSPS) is 18.1. The van der Waals surface area contributed by atoms with Gasteiger partial charge in [-0.1, -0.05) is 12.8 Å². The van der Waals surface area contributed by atoms with E-state index in [2.05, 4.69) is 29.8 Å². The van der Waals surface area contributed by atoms with Gasteiger partial charge in [0.1, 0.15) is 22.8 Å². The van der Waals surface area contributed by atoms with Gasteiger partial charge >= 0.3 is 35.7 Å². The molecule has 1 atom stereocenters. The van der Waals surface area contributed by atoms with Crippen molar-refractivity contribution < 1.29 is 61.8 Å². The number of methoxy groups -OCH3 is 1. The number of benzene rings is 1. The van der Waals surface area contributed by atoms with Gasteiger partial charge in [-0.25, -0.2) is 24.3 Å². The molecule has 0 radical (unpaired) electrons. The molecule has 1 aromatic carbocycles. The Balaban J connectivity index is 0.00000468. The Bertz CT molecular complexity index is 1780. The molecule has 6 rings (SSSR count). The van der Waals surface area contributed by atoms with Crippen LogP contribution in [-0.2, 0) is 15.7 Å². The molecule has 4 heterocycles. The van der Waals surface area contributed by atoms with Gasteiger partial charge in [0, 0.05) is 63.9 Å². The van der Waals surface area contributed by atoms with Crippen LogP contribution in [0.25, 0.3) is 33.9 Å². The van der Waals surface area contributed by atoms with Crippen molar-refractivity contribution in [3.8, 4) is 22.8 Å². The summed E-state index contributed by atoms with van der Waals surface area (Å²) in [6.07, 6.45) is 2.48. The Kier molecular flexibility index (Phi) is 11.2. The first-order valence-corrected chi connectivity index (χ1v) is 15.8. The fourth-order valence-corrected chi connectivity index (χ4v) is 7.10. The smallest absolute Gasteiger partial charge is 0.549 e. The number of pyridine rings is 1. The maximum absolute atomic E-state index is 14.2. The fourth-order valence-electron chi connectivity index (χ4n) is 7.10. The van der Waals surface area contributed by atoms with Crippen LogP contribution in [0.4, 0.5) is 29.1 Å². The molecule has 16 heteroatoms. The van der Waals surface area contributed by atoms with E-state index in [0.717, 1.165) is 37.8 Å². The number of anilines is 2. The summed E-state index contributed by atoms with van der Waals surface area (Å²) in [6.45, 7) is 4.72. The Morgan fingerprint density at radius 3 is 2.51 bits per heavy atom. The number of carbonyl (C=O) groups is 1. The third-order valence-corrected chi connectivity index (χ3v) is 9.35. The van der Waals surface area contributed by atoms with Crippen LogP contribution in [0.15, 0.2) is 36.7 Å². The van der Waals surface area contributed by atoms with Gasteiger partial charge in [0.2, 0.25) is 0 Å². The number of hydrogen-bond donors (Lipinski definition) is 1. The van der Waals surface area contributed by atoms with E-state index in [-0.39, 0.29) is 64.5 Å². The minimum atomic E-state index is -4.87. The molecule has 0 bridgehead atoms. The van der Waals surface area contributed by atoms with Crippen molar-refractivity contribution >= 4 is 28.6 Å². The number of fused-ring (bicyclic) bond motifs is 1. The molecule has 256 valence electrons. The van der Waals surface area contributed by atoms with Gasteiger partial charge in [0.25, 0.3) is 0 Å². The van der Waals surface area contributed by atoms with Gasteiger partial charge in [0.05, 0.1) is 41.9 Å². The third kappa shape index (κ3) is 8.01. The predicted octanol–water partition coefficient (Wildman–Crippen LogP) is 1.15. The van der Waals surface area contributed by atoms with Gasteiger partial charge in [-0.05, 0) is 44.0 Å². The number of carboxylic acid groups (broad SMARTS) is 1. The van der Waals surface area contributed by atoms with Crippen LogP contribution in [0.5, 0.6) is 0 Å². The van der Waals surface area contributed by atoms with Gasteiger partial charge in [0.15, 0.2) is 11.5 Å². The van der Waals surface area contributed by atoms with E-state index in [1.54, 1.807) is 25.6 Å². The van der Waals surface area contributed by atoms with E-state index in [4.69, 9.17) is 4.74 Å². The van der Waals surface area contributed by atoms with E-state index in [1.807, 2.05) is 23.8 Å². The summed E-state index contributed by atoms with van der Waals surface area (Å²) in [5.41, 5.74) is 0.806. The molecule has 1 saturated carbocycles. The number of nitrogens with one attached hydrogen (secondary N) is 1. The zero-order valence-electron chi connectivity index (χ0n) is 28.0. The summed E-state index contributed by atoms with van der Waals surface area (Å²) in [7, 11) is 3.60. The molecule has 2 fully saturated rings. The van der Waals surface area contributed by atoms with Crippen LogP contribution < -0.4 is 44.5 Å². The van der Waals surface area contributed by atoms with E-state index in [1.165, 1.54) is 6.07 Å². The maximum atomic E-state index is 14.2. The summed E-state index contributed by atoms with van der Waals surface area (Å²) in [5, 5.41) is 11.0. The molecule has 49 heavy (non-hydrogen) atoms. The summed E-state index contributed by atoms with van der Waals surface area (Å²) in [5.74, 6) is -1.46. The number of aliphatic carboxylic acids is 1. The maximum Gasteiger partial charge on any atom is 1.00 e. The standard InChI is InChI=1S/C33H38F4N8O3.Na/c1-20-16-44(17-28(46)47)10-11-45(20)27-15-38-25(14-39-27)30-41-29-26(43(2)18-32(19-48-3)8-4-5-9-32)13-24(40-31(29)42-30)21-6-7-23(34)22(12-21)33(35,36)37;/h6-7,12-15,20H,4-5,8-11,16-19H2,1-3H3,(H,46,47)(H,40,41,42);/q;+1/p-1/t20-;/m1./s1.